The molecule has 1 heterocycles. The Morgan fingerprint density at radius 2 is 1.16 bits per heavy atom. The number of benzene rings is 4. The molecule has 184 valence electrons. The fraction of sp³-hybridized carbons (Fsp3) is 0.171. The Balaban J connectivity index is 1.59. The normalized spacial score (nSPS) is 16.2. The molecular formula is C35H32O2. The number of ether oxygens (including phenoxy) is 1. The predicted octanol–water partition coefficient (Wildman–Crippen LogP) is 8.35. The van der Waals surface area contributed by atoms with Crippen LogP contribution in [-0.4, -0.2) is 5.78 Å². The molecule has 0 aliphatic carbocycles. The maximum Gasteiger partial charge on any atom is 0.166 e. The minimum Gasteiger partial charge on any atom is -0.481 e. The molecule has 1 atom stereocenters. The van der Waals surface area contributed by atoms with E-state index in [-0.39, 0.29) is 11.7 Å². The lowest BCUT2D eigenvalue weighted by Crippen LogP contribution is -2.36. The average molecular weight is 485 g/mol. The lowest BCUT2D eigenvalue weighted by Gasteiger charge is -2.37. The predicted molar refractivity (Wildman–Crippen MR) is 151 cm³/mol. The molecule has 1 aliphatic rings. The molecule has 0 radical (unpaired) electrons. The number of Topliss-reactive ketones (excluding diaryl/α,β-unsaturated/α-hetero) is 1. The summed E-state index contributed by atoms with van der Waals surface area (Å²) in [6.07, 6.45) is 3.90. The van der Waals surface area contributed by atoms with Crippen LogP contribution in [0.1, 0.15) is 48.9 Å². The number of carbonyl (C=O) groups excluding carboxylic acids is 1. The third kappa shape index (κ3) is 4.80. The summed E-state index contributed by atoms with van der Waals surface area (Å²) in [6.45, 7) is 3.60. The van der Waals surface area contributed by atoms with E-state index in [0.29, 0.717) is 0 Å². The number of hydrogen-bond donors (Lipinski definition) is 0. The summed E-state index contributed by atoms with van der Waals surface area (Å²) in [4.78, 5) is 13.0. The molecule has 0 fully saturated rings. The average Bonchev–Trinajstić information content (AvgIpc) is 3.26. The Kier molecular flexibility index (Phi) is 7.18. The molecule has 37 heavy (non-hydrogen) atoms. The fourth-order valence-electron chi connectivity index (χ4n) is 5.75. The van der Waals surface area contributed by atoms with Crippen LogP contribution in [0.25, 0.3) is 5.57 Å². The van der Waals surface area contributed by atoms with Gasteiger partial charge in [-0.05, 0) is 43.4 Å². The highest BCUT2D eigenvalue weighted by atomic mass is 16.5. The van der Waals surface area contributed by atoms with Crippen molar-refractivity contribution in [3.8, 4) is 0 Å². The van der Waals surface area contributed by atoms with Crippen LogP contribution in [0.3, 0.4) is 0 Å². The zero-order valence-corrected chi connectivity index (χ0v) is 21.4. The second-order valence-corrected chi connectivity index (χ2v) is 9.58. The Hall–Kier alpha value is -4.17. The zero-order valence-electron chi connectivity index (χ0n) is 21.4. The third-order valence-corrected chi connectivity index (χ3v) is 7.29. The first kappa shape index (κ1) is 24.5. The summed E-state index contributed by atoms with van der Waals surface area (Å²) in [6, 6.07) is 41.7. The molecular weight excluding hydrogens is 452 g/mol. The molecule has 0 saturated carbocycles. The second kappa shape index (κ2) is 10.8. The molecule has 0 amide bonds. The van der Waals surface area contributed by atoms with Crippen LogP contribution in [0.4, 0.5) is 0 Å². The number of ketones is 1. The van der Waals surface area contributed by atoms with Crippen molar-refractivity contribution in [1.29, 1.82) is 0 Å². The Morgan fingerprint density at radius 1 is 0.730 bits per heavy atom. The molecule has 2 nitrogen and oxygen atoms in total. The molecule has 0 spiro atoms. The van der Waals surface area contributed by atoms with Gasteiger partial charge in [-0.2, -0.15) is 0 Å². The summed E-state index contributed by atoms with van der Waals surface area (Å²) in [5, 5.41) is 0. The van der Waals surface area contributed by atoms with Gasteiger partial charge in [0.05, 0.1) is 0 Å². The van der Waals surface area contributed by atoms with Gasteiger partial charge in [0.25, 0.3) is 0 Å². The number of allylic oxidation sites excluding steroid dienone is 2. The topological polar surface area (TPSA) is 26.3 Å². The van der Waals surface area contributed by atoms with E-state index in [2.05, 4.69) is 78.9 Å². The van der Waals surface area contributed by atoms with E-state index in [1.807, 2.05) is 55.5 Å². The summed E-state index contributed by atoms with van der Waals surface area (Å²) >= 11 is 0. The number of rotatable bonds is 8. The van der Waals surface area contributed by atoms with Crippen LogP contribution >= 0.6 is 0 Å². The highest BCUT2D eigenvalue weighted by molar-refractivity contribution is 5.95. The molecule has 5 rings (SSSR count). The minimum atomic E-state index is -0.749. The van der Waals surface area contributed by atoms with Gasteiger partial charge >= 0.3 is 0 Å². The first-order valence-corrected chi connectivity index (χ1v) is 12.9. The third-order valence-electron chi connectivity index (χ3n) is 7.29. The highest BCUT2D eigenvalue weighted by Gasteiger charge is 2.52. The maximum atomic E-state index is 13.0. The molecule has 4 aromatic rings. The van der Waals surface area contributed by atoms with Crippen molar-refractivity contribution in [3.63, 3.8) is 0 Å². The fourth-order valence-corrected chi connectivity index (χ4v) is 5.75. The smallest absolute Gasteiger partial charge is 0.166 e. The minimum absolute atomic E-state index is 0.0755. The molecule has 2 heteroatoms. The van der Waals surface area contributed by atoms with E-state index >= 15 is 0 Å². The van der Waals surface area contributed by atoms with E-state index in [4.69, 9.17) is 4.74 Å². The van der Waals surface area contributed by atoms with Crippen molar-refractivity contribution in [3.05, 3.63) is 161 Å². The van der Waals surface area contributed by atoms with E-state index in [9.17, 15) is 4.79 Å². The van der Waals surface area contributed by atoms with Crippen LogP contribution in [0.5, 0.6) is 0 Å². The van der Waals surface area contributed by atoms with Gasteiger partial charge in [0, 0.05) is 22.6 Å². The Bertz CT molecular complexity index is 1320. The van der Waals surface area contributed by atoms with Crippen LogP contribution < -0.4 is 0 Å². The lowest BCUT2D eigenvalue weighted by molar-refractivity contribution is -0.114. The largest absolute Gasteiger partial charge is 0.481 e. The van der Waals surface area contributed by atoms with Gasteiger partial charge in [-0.15, -0.1) is 0 Å². The maximum absolute atomic E-state index is 13.0. The first-order valence-electron chi connectivity index (χ1n) is 12.9. The summed E-state index contributed by atoms with van der Waals surface area (Å²) in [5.74, 6) is 0.686. The number of hydrogen-bond acceptors (Lipinski definition) is 2. The van der Waals surface area contributed by atoms with Crippen molar-refractivity contribution in [2.24, 2.45) is 5.92 Å². The van der Waals surface area contributed by atoms with E-state index in [0.717, 1.165) is 35.3 Å². The summed E-state index contributed by atoms with van der Waals surface area (Å²) in [7, 11) is 0. The summed E-state index contributed by atoms with van der Waals surface area (Å²) < 4.78 is 6.77. The highest BCUT2D eigenvalue weighted by Crippen LogP contribution is 2.53. The van der Waals surface area contributed by atoms with E-state index in [1.54, 1.807) is 6.92 Å². The van der Waals surface area contributed by atoms with Crippen molar-refractivity contribution < 1.29 is 9.53 Å². The monoisotopic (exact) mass is 484 g/mol. The van der Waals surface area contributed by atoms with E-state index < -0.39 is 5.60 Å². The summed E-state index contributed by atoms with van der Waals surface area (Å²) in [5.41, 5.74) is 5.76. The molecule has 0 N–H and O–H groups in total. The van der Waals surface area contributed by atoms with Crippen molar-refractivity contribution in [1.82, 2.24) is 0 Å². The number of carbonyl (C=O) groups is 1. The molecule has 1 unspecified atom stereocenters. The van der Waals surface area contributed by atoms with Crippen LogP contribution in [0, 0.1) is 5.92 Å². The van der Waals surface area contributed by atoms with Gasteiger partial charge < -0.3 is 4.74 Å². The van der Waals surface area contributed by atoms with Gasteiger partial charge in [-0.3, -0.25) is 4.79 Å². The van der Waals surface area contributed by atoms with Gasteiger partial charge in [0.15, 0.2) is 11.4 Å². The van der Waals surface area contributed by atoms with E-state index in [1.165, 1.54) is 16.7 Å². The quantitative estimate of drug-likeness (QED) is 0.251. The molecule has 0 saturated heterocycles. The van der Waals surface area contributed by atoms with Crippen LogP contribution in [-0.2, 0) is 15.1 Å². The van der Waals surface area contributed by atoms with Gasteiger partial charge in [0.1, 0.15) is 5.76 Å². The van der Waals surface area contributed by atoms with Gasteiger partial charge in [0.2, 0.25) is 0 Å². The van der Waals surface area contributed by atoms with Crippen LogP contribution in [0.2, 0.25) is 0 Å². The SMILES string of the molecule is CC(=O)C1=C(C)OC(c2ccccc2)(c2ccccc2)C1CCC=C(c1ccccc1)c1ccccc1. The van der Waals surface area contributed by atoms with Crippen LogP contribution in [0.15, 0.2) is 139 Å². The standard InChI is InChI=1S/C35H32O2/c1-26(36)34-27(2)37-35(30-20-11-5-12-21-30,31-22-13-6-14-23-31)33(34)25-15-24-32(28-16-7-3-8-17-28)29-18-9-4-10-19-29/h3-14,16-24,33H,15,25H2,1-2H3. The van der Waals surface area contributed by atoms with Crippen molar-refractivity contribution in [2.45, 2.75) is 32.3 Å². The molecule has 4 aromatic carbocycles. The molecule has 0 aromatic heterocycles. The van der Waals surface area contributed by atoms with Crippen molar-refractivity contribution in [2.75, 3.05) is 0 Å². The first-order chi connectivity index (χ1) is 18.1. The molecule has 0 bridgehead atoms. The lowest BCUT2D eigenvalue weighted by atomic mass is 9.71. The Morgan fingerprint density at radius 3 is 1.59 bits per heavy atom. The Labute approximate surface area is 220 Å². The molecule has 1 aliphatic heterocycles. The zero-order chi connectivity index (χ0) is 25.7. The van der Waals surface area contributed by atoms with Crippen molar-refractivity contribution >= 4 is 11.4 Å². The van der Waals surface area contributed by atoms with Gasteiger partial charge in [-0.25, -0.2) is 0 Å². The second-order valence-electron chi connectivity index (χ2n) is 9.58. The van der Waals surface area contributed by atoms with Gasteiger partial charge in [-0.1, -0.05) is 127 Å².